The third kappa shape index (κ3) is 3.37. The zero-order chi connectivity index (χ0) is 14.8. The zero-order valence-corrected chi connectivity index (χ0v) is 13.0. The van der Waals surface area contributed by atoms with Crippen molar-refractivity contribution in [1.29, 1.82) is 0 Å². The van der Waals surface area contributed by atoms with E-state index in [1.165, 1.54) is 0 Å². The predicted molar refractivity (Wildman–Crippen MR) is 84.6 cm³/mol. The van der Waals surface area contributed by atoms with Gasteiger partial charge < -0.3 is 0 Å². The maximum atomic E-state index is 10.5. The molecule has 4 heteroatoms. The molecule has 0 radical (unpaired) electrons. The molecule has 0 fully saturated rings. The van der Waals surface area contributed by atoms with Crippen LogP contribution in [0, 0.1) is 0 Å². The molecule has 2 N–H and O–H groups in total. The van der Waals surface area contributed by atoms with E-state index >= 15 is 0 Å². The molecule has 0 aliphatic heterocycles. The molecule has 3 nitrogen and oxygen atoms in total. The molecule has 0 aromatic heterocycles. The molecule has 0 amide bonds. The molecule has 0 atom stereocenters. The summed E-state index contributed by atoms with van der Waals surface area (Å²) in [5.74, 6) is 0.466. The third-order valence-electron chi connectivity index (χ3n) is 3.09. The van der Waals surface area contributed by atoms with Crippen molar-refractivity contribution in [3.05, 3.63) is 60.2 Å². The molecule has 0 heterocycles. The molecular weight excluding hydrogens is 271 g/mol. The molecule has 0 bridgehead atoms. The van der Waals surface area contributed by atoms with E-state index in [-0.39, 0.29) is 5.41 Å². The van der Waals surface area contributed by atoms with Gasteiger partial charge in [0.05, 0.1) is 0 Å². The van der Waals surface area contributed by atoms with E-state index in [0.29, 0.717) is 11.1 Å². The van der Waals surface area contributed by atoms with E-state index in [1.807, 2.05) is 39.0 Å². The average Bonchev–Trinajstić information content (AvgIpc) is 2.38. The summed E-state index contributed by atoms with van der Waals surface area (Å²) in [5.41, 5.74) is 0.716. The van der Waals surface area contributed by atoms with Crippen molar-refractivity contribution in [2.75, 3.05) is 0 Å². The second-order valence-corrected chi connectivity index (χ2v) is 7.78. The van der Waals surface area contributed by atoms with Crippen molar-refractivity contribution in [3.63, 3.8) is 0 Å². The van der Waals surface area contributed by atoms with E-state index in [2.05, 4.69) is 0 Å². The average molecular weight is 292 g/mol. The van der Waals surface area contributed by atoms with E-state index < -0.39 is 7.94 Å². The van der Waals surface area contributed by atoms with Crippen LogP contribution in [0.3, 0.4) is 0 Å². The van der Waals surface area contributed by atoms with Crippen molar-refractivity contribution in [2.24, 2.45) is 0 Å². The van der Waals surface area contributed by atoms with Crippen molar-refractivity contribution < 1.29 is 14.3 Å². The maximum absolute atomic E-state index is 10.5. The molecule has 0 spiro atoms. The summed E-state index contributed by atoms with van der Waals surface area (Å²) in [6.07, 6.45) is 0. The SMILES string of the molecule is CC(C)(C)c1ccccc1[PH](O)(O)Oc1ccccc1. The number of rotatable bonds is 3. The first-order valence-electron chi connectivity index (χ1n) is 6.59. The van der Waals surface area contributed by atoms with Crippen molar-refractivity contribution in [3.8, 4) is 5.75 Å². The first-order chi connectivity index (χ1) is 9.31. The quantitative estimate of drug-likeness (QED) is 0.854. The molecule has 2 rings (SSSR count). The molecule has 0 unspecified atom stereocenters. The Morgan fingerprint density at radius 3 is 2.00 bits per heavy atom. The summed E-state index contributed by atoms with van der Waals surface area (Å²) in [7, 11) is -3.97. The van der Waals surface area contributed by atoms with Gasteiger partial charge in [-0.2, -0.15) is 0 Å². The fraction of sp³-hybridized carbons (Fsp3) is 0.250. The van der Waals surface area contributed by atoms with Crippen LogP contribution in [0.1, 0.15) is 26.3 Å². The monoisotopic (exact) mass is 292 g/mol. The van der Waals surface area contributed by atoms with Gasteiger partial charge in [0.1, 0.15) is 0 Å². The fourth-order valence-corrected chi connectivity index (χ4v) is 3.83. The fourth-order valence-electron chi connectivity index (χ4n) is 2.13. The van der Waals surface area contributed by atoms with Crippen LogP contribution in [0.15, 0.2) is 54.6 Å². The summed E-state index contributed by atoms with van der Waals surface area (Å²) in [4.78, 5) is 20.9. The molecule has 20 heavy (non-hydrogen) atoms. The van der Waals surface area contributed by atoms with Gasteiger partial charge in [0.25, 0.3) is 0 Å². The minimum absolute atomic E-state index is 0.180. The number of benzene rings is 2. The Bertz CT molecular complexity index is 574. The summed E-state index contributed by atoms with van der Waals surface area (Å²) in [5, 5.41) is 0.497. The van der Waals surface area contributed by atoms with Crippen LogP contribution in [0.4, 0.5) is 0 Å². The molecule has 108 valence electrons. The molecule has 0 aliphatic rings. The first-order valence-corrected chi connectivity index (χ1v) is 8.40. The molecule has 0 aliphatic carbocycles. The van der Waals surface area contributed by atoms with Crippen LogP contribution in [0.25, 0.3) is 0 Å². The summed E-state index contributed by atoms with van der Waals surface area (Å²) >= 11 is 0. The number of hydrogen-bond donors (Lipinski definition) is 2. The summed E-state index contributed by atoms with van der Waals surface area (Å²) in [6.45, 7) is 6.12. The Hall–Kier alpha value is -1.41. The minimum atomic E-state index is -3.97. The van der Waals surface area contributed by atoms with Gasteiger partial charge in [0, 0.05) is 0 Å². The van der Waals surface area contributed by atoms with E-state index in [4.69, 9.17) is 4.52 Å². The van der Waals surface area contributed by atoms with Crippen LogP contribution < -0.4 is 9.83 Å². The Kier molecular flexibility index (Phi) is 4.14. The second-order valence-electron chi connectivity index (χ2n) is 5.82. The number of para-hydroxylation sites is 1. The Balaban J connectivity index is 2.40. The molecule has 0 saturated heterocycles. The molecule has 2 aromatic rings. The molecular formula is C16H21O3P. The Morgan fingerprint density at radius 2 is 1.40 bits per heavy atom. The van der Waals surface area contributed by atoms with Crippen LogP contribution in [-0.4, -0.2) is 9.79 Å². The van der Waals surface area contributed by atoms with Gasteiger partial charge in [-0.15, -0.1) is 0 Å². The predicted octanol–water partition coefficient (Wildman–Crippen LogP) is 3.17. The van der Waals surface area contributed by atoms with Gasteiger partial charge in [0.15, 0.2) is 0 Å². The number of hydrogen-bond acceptors (Lipinski definition) is 3. The normalized spacial score (nSPS) is 13.1. The summed E-state index contributed by atoms with van der Waals surface area (Å²) < 4.78 is 5.47. The third-order valence-corrected chi connectivity index (χ3v) is 4.75. The van der Waals surface area contributed by atoms with Gasteiger partial charge in [-0.05, 0) is 0 Å². The summed E-state index contributed by atoms with van der Waals surface area (Å²) in [6, 6.07) is 16.2. The first kappa shape index (κ1) is 15.0. The van der Waals surface area contributed by atoms with Crippen LogP contribution in [0.5, 0.6) is 5.75 Å². The van der Waals surface area contributed by atoms with E-state index in [1.54, 1.807) is 36.4 Å². The molecule has 0 saturated carbocycles. The van der Waals surface area contributed by atoms with Crippen molar-refractivity contribution in [1.82, 2.24) is 0 Å². The standard InChI is InChI=1S/C16H21O3P/c1-16(2,3)14-11-7-8-12-15(14)20(17,18)19-13-9-5-4-6-10-13/h4-12,17-18,20H,1-3H3. The Labute approximate surface area is 120 Å². The van der Waals surface area contributed by atoms with Crippen LogP contribution >= 0.6 is 7.94 Å². The second kappa shape index (κ2) is 5.53. The molecule has 2 aromatic carbocycles. The van der Waals surface area contributed by atoms with Crippen LogP contribution in [0.2, 0.25) is 0 Å². The van der Waals surface area contributed by atoms with E-state index in [9.17, 15) is 9.79 Å². The topological polar surface area (TPSA) is 49.7 Å². The van der Waals surface area contributed by atoms with Gasteiger partial charge in [-0.25, -0.2) is 0 Å². The van der Waals surface area contributed by atoms with Crippen molar-refractivity contribution >= 4 is 13.2 Å². The van der Waals surface area contributed by atoms with Gasteiger partial charge >= 0.3 is 120 Å². The zero-order valence-electron chi connectivity index (χ0n) is 12.0. The van der Waals surface area contributed by atoms with Crippen molar-refractivity contribution in [2.45, 2.75) is 26.2 Å². The van der Waals surface area contributed by atoms with Gasteiger partial charge in [-0.3, -0.25) is 0 Å². The van der Waals surface area contributed by atoms with E-state index in [0.717, 1.165) is 5.56 Å². The van der Waals surface area contributed by atoms with Gasteiger partial charge in [0.2, 0.25) is 0 Å². The Morgan fingerprint density at radius 1 is 0.850 bits per heavy atom. The van der Waals surface area contributed by atoms with Gasteiger partial charge in [-0.1, -0.05) is 0 Å². The van der Waals surface area contributed by atoms with Crippen LogP contribution in [-0.2, 0) is 5.41 Å².